The molecule has 6 nitrogen and oxygen atoms in total. The molecule has 100 valence electrons. The van der Waals surface area contributed by atoms with Crippen LogP contribution in [0.1, 0.15) is 10.4 Å². The van der Waals surface area contributed by atoms with Crippen LogP contribution in [0.15, 0.2) is 30.5 Å². The van der Waals surface area contributed by atoms with Crippen molar-refractivity contribution in [3.05, 3.63) is 36.0 Å². The Hall–Kier alpha value is -2.18. The molecule has 0 amide bonds. The molecular formula is C13H13NO5. The fraction of sp³-hybridized carbons (Fsp3) is 0.231. The molecule has 0 saturated carbocycles. The fourth-order valence-electron chi connectivity index (χ4n) is 1.69. The van der Waals surface area contributed by atoms with Crippen LogP contribution < -0.4 is 4.74 Å². The van der Waals surface area contributed by atoms with E-state index in [1.165, 1.54) is 6.20 Å². The molecule has 1 unspecified atom stereocenters. The topological polar surface area (TPSA) is 99.9 Å². The van der Waals surface area contributed by atoms with Gasteiger partial charge in [-0.15, -0.1) is 0 Å². The Morgan fingerprint density at radius 2 is 2.11 bits per heavy atom. The van der Waals surface area contributed by atoms with Gasteiger partial charge in [-0.3, -0.25) is 4.98 Å². The molecule has 0 bridgehead atoms. The summed E-state index contributed by atoms with van der Waals surface area (Å²) in [7, 11) is 0. The van der Waals surface area contributed by atoms with Crippen LogP contribution in [-0.2, 0) is 0 Å². The van der Waals surface area contributed by atoms with Crippen molar-refractivity contribution in [1.82, 2.24) is 4.98 Å². The molecule has 1 aromatic heterocycles. The maximum absolute atomic E-state index is 11.3. The van der Waals surface area contributed by atoms with E-state index in [2.05, 4.69) is 4.98 Å². The van der Waals surface area contributed by atoms with Crippen LogP contribution in [0.4, 0.5) is 0 Å². The van der Waals surface area contributed by atoms with Crippen molar-refractivity contribution in [2.24, 2.45) is 0 Å². The van der Waals surface area contributed by atoms with E-state index in [-0.39, 0.29) is 17.9 Å². The van der Waals surface area contributed by atoms with Gasteiger partial charge in [0.1, 0.15) is 18.3 Å². The number of hydrogen-bond acceptors (Lipinski definition) is 5. The van der Waals surface area contributed by atoms with Crippen LogP contribution in [0, 0.1) is 0 Å². The molecule has 0 fully saturated rings. The van der Waals surface area contributed by atoms with Crippen LogP contribution >= 0.6 is 0 Å². The lowest BCUT2D eigenvalue weighted by Gasteiger charge is -2.13. The van der Waals surface area contributed by atoms with Crippen LogP contribution in [0.5, 0.6) is 5.75 Å². The van der Waals surface area contributed by atoms with Crippen molar-refractivity contribution in [3.63, 3.8) is 0 Å². The van der Waals surface area contributed by atoms with E-state index in [4.69, 9.17) is 9.84 Å². The molecule has 3 N–H and O–H groups in total. The van der Waals surface area contributed by atoms with Crippen LogP contribution in [0.3, 0.4) is 0 Å². The lowest BCUT2D eigenvalue weighted by Crippen LogP contribution is -2.22. The van der Waals surface area contributed by atoms with Crippen molar-refractivity contribution in [2.45, 2.75) is 6.10 Å². The zero-order valence-corrected chi connectivity index (χ0v) is 9.98. The molecule has 19 heavy (non-hydrogen) atoms. The number of aromatic nitrogens is 1. The highest BCUT2D eigenvalue weighted by Gasteiger charge is 2.17. The molecule has 1 atom stereocenters. The standard InChI is InChI=1S/C13H13NO5/c15-6-8(16)7-19-11-5-14-10-4-2-1-3-9(10)12(11)13(17)18/h1-5,8,15-16H,6-7H2,(H,17,18). The summed E-state index contributed by atoms with van der Waals surface area (Å²) in [6.07, 6.45) is 0.240. The maximum Gasteiger partial charge on any atom is 0.340 e. The minimum atomic E-state index is -1.13. The molecule has 0 radical (unpaired) electrons. The molecule has 0 aliphatic rings. The predicted molar refractivity (Wildman–Crippen MR) is 67.3 cm³/mol. The SMILES string of the molecule is O=C(O)c1c(OCC(O)CO)cnc2ccccc12. The zero-order valence-electron chi connectivity index (χ0n) is 9.98. The van der Waals surface area contributed by atoms with Gasteiger partial charge < -0.3 is 20.1 Å². The van der Waals surface area contributed by atoms with Crippen LogP contribution in [0.2, 0.25) is 0 Å². The number of carboxylic acid groups (broad SMARTS) is 1. The summed E-state index contributed by atoms with van der Waals surface area (Å²) in [5.74, 6) is -1.06. The van der Waals surface area contributed by atoms with Gasteiger partial charge in [-0.05, 0) is 6.07 Å². The molecule has 0 saturated heterocycles. The van der Waals surface area contributed by atoms with E-state index in [1.807, 2.05) is 0 Å². The van der Waals surface area contributed by atoms with E-state index < -0.39 is 18.7 Å². The Kier molecular flexibility index (Phi) is 3.94. The number of ether oxygens (including phenoxy) is 1. The number of nitrogens with zero attached hydrogens (tertiary/aromatic N) is 1. The van der Waals surface area contributed by atoms with Gasteiger partial charge in [0, 0.05) is 5.39 Å². The molecule has 1 aromatic carbocycles. The highest BCUT2D eigenvalue weighted by atomic mass is 16.5. The summed E-state index contributed by atoms with van der Waals surface area (Å²) in [5, 5.41) is 27.7. The number of para-hydroxylation sites is 1. The molecule has 2 aromatic rings. The van der Waals surface area contributed by atoms with E-state index in [0.717, 1.165) is 0 Å². The quantitative estimate of drug-likeness (QED) is 0.733. The first-order valence-corrected chi connectivity index (χ1v) is 5.66. The Balaban J connectivity index is 2.43. The first-order chi connectivity index (χ1) is 9.13. The number of carboxylic acids is 1. The molecular weight excluding hydrogens is 250 g/mol. The number of aliphatic hydroxyl groups is 2. The second-order valence-corrected chi connectivity index (χ2v) is 3.97. The minimum Gasteiger partial charge on any atom is -0.488 e. The van der Waals surface area contributed by atoms with Gasteiger partial charge in [-0.25, -0.2) is 4.79 Å². The van der Waals surface area contributed by atoms with Crippen molar-refractivity contribution < 1.29 is 24.9 Å². The smallest absolute Gasteiger partial charge is 0.340 e. The van der Waals surface area contributed by atoms with Crippen molar-refractivity contribution in [2.75, 3.05) is 13.2 Å². The van der Waals surface area contributed by atoms with E-state index in [9.17, 15) is 15.0 Å². The highest BCUT2D eigenvalue weighted by molar-refractivity contribution is 6.04. The summed E-state index contributed by atoms with van der Waals surface area (Å²) < 4.78 is 5.21. The molecule has 1 heterocycles. The zero-order chi connectivity index (χ0) is 13.8. The third kappa shape index (κ3) is 2.81. The number of hydrogen-bond donors (Lipinski definition) is 3. The minimum absolute atomic E-state index is 0.00394. The summed E-state index contributed by atoms with van der Waals surface area (Å²) in [6.45, 7) is -0.653. The largest absolute Gasteiger partial charge is 0.488 e. The number of benzene rings is 1. The van der Waals surface area contributed by atoms with E-state index >= 15 is 0 Å². The molecule has 0 aliphatic heterocycles. The highest BCUT2D eigenvalue weighted by Crippen LogP contribution is 2.26. The van der Waals surface area contributed by atoms with Gasteiger partial charge in [0.25, 0.3) is 0 Å². The number of pyridine rings is 1. The van der Waals surface area contributed by atoms with Gasteiger partial charge in [-0.1, -0.05) is 18.2 Å². The summed E-state index contributed by atoms with van der Waals surface area (Å²) in [5.41, 5.74) is 0.547. The fourth-order valence-corrected chi connectivity index (χ4v) is 1.69. The van der Waals surface area contributed by atoms with Gasteiger partial charge in [0.2, 0.25) is 0 Å². The lowest BCUT2D eigenvalue weighted by molar-refractivity contribution is 0.0519. The van der Waals surface area contributed by atoms with Gasteiger partial charge >= 0.3 is 5.97 Å². The Morgan fingerprint density at radius 1 is 1.37 bits per heavy atom. The average molecular weight is 263 g/mol. The second-order valence-electron chi connectivity index (χ2n) is 3.97. The Labute approximate surface area is 108 Å². The van der Waals surface area contributed by atoms with Crippen molar-refractivity contribution >= 4 is 16.9 Å². The van der Waals surface area contributed by atoms with Gasteiger partial charge in [-0.2, -0.15) is 0 Å². The third-order valence-electron chi connectivity index (χ3n) is 2.60. The molecule has 2 rings (SSSR count). The molecule has 6 heteroatoms. The summed E-state index contributed by atoms with van der Waals surface area (Å²) in [6, 6.07) is 6.81. The van der Waals surface area contributed by atoms with E-state index in [0.29, 0.717) is 10.9 Å². The summed E-state index contributed by atoms with van der Waals surface area (Å²) >= 11 is 0. The third-order valence-corrected chi connectivity index (χ3v) is 2.60. The van der Waals surface area contributed by atoms with Gasteiger partial charge in [0.05, 0.1) is 18.3 Å². The predicted octanol–water partition coefficient (Wildman–Crippen LogP) is 0.665. The molecule has 0 aliphatic carbocycles. The second kappa shape index (κ2) is 5.64. The van der Waals surface area contributed by atoms with Gasteiger partial charge in [0.15, 0.2) is 5.75 Å². The number of aliphatic hydroxyl groups excluding tert-OH is 2. The van der Waals surface area contributed by atoms with Crippen molar-refractivity contribution in [1.29, 1.82) is 0 Å². The average Bonchev–Trinajstić information content (AvgIpc) is 2.43. The first kappa shape index (κ1) is 13.3. The van der Waals surface area contributed by atoms with Crippen LogP contribution in [-0.4, -0.2) is 45.6 Å². The Morgan fingerprint density at radius 3 is 2.79 bits per heavy atom. The number of carbonyl (C=O) groups is 1. The lowest BCUT2D eigenvalue weighted by atomic mass is 10.1. The monoisotopic (exact) mass is 263 g/mol. The number of rotatable bonds is 5. The summed E-state index contributed by atoms with van der Waals surface area (Å²) in [4.78, 5) is 15.4. The number of aromatic carboxylic acids is 1. The van der Waals surface area contributed by atoms with Crippen LogP contribution in [0.25, 0.3) is 10.9 Å². The maximum atomic E-state index is 11.3. The molecule has 0 spiro atoms. The Bertz CT molecular complexity index is 599. The van der Waals surface area contributed by atoms with E-state index in [1.54, 1.807) is 24.3 Å². The number of fused-ring (bicyclic) bond motifs is 1. The normalized spacial score (nSPS) is 12.3. The van der Waals surface area contributed by atoms with Crippen molar-refractivity contribution in [3.8, 4) is 5.75 Å². The first-order valence-electron chi connectivity index (χ1n) is 5.66.